The number of hydrogen-bond donors (Lipinski definition) is 0. The van der Waals surface area contributed by atoms with Crippen molar-refractivity contribution >= 4 is 0 Å². The van der Waals surface area contributed by atoms with Gasteiger partial charge in [-0.1, -0.05) is 51.7 Å². The predicted octanol–water partition coefficient (Wildman–Crippen LogP) is 4.17. The van der Waals surface area contributed by atoms with E-state index in [0.717, 1.165) is 11.8 Å². The summed E-state index contributed by atoms with van der Waals surface area (Å²) in [5, 5.41) is 0. The van der Waals surface area contributed by atoms with E-state index in [0.29, 0.717) is 0 Å². The zero-order valence-corrected chi connectivity index (χ0v) is 8.77. The highest BCUT2D eigenvalue weighted by atomic mass is 14.2. The molecule has 0 nitrogen and oxygen atoms in total. The van der Waals surface area contributed by atoms with Crippen LogP contribution in [0.25, 0.3) is 0 Å². The van der Waals surface area contributed by atoms with E-state index >= 15 is 0 Å². The van der Waals surface area contributed by atoms with Gasteiger partial charge in [0.2, 0.25) is 0 Å². The minimum absolute atomic E-state index is 0.886. The van der Waals surface area contributed by atoms with Crippen molar-refractivity contribution in [3.63, 3.8) is 0 Å². The second-order valence-corrected chi connectivity index (χ2v) is 4.56. The molecule has 0 amide bonds. The molecule has 0 saturated heterocycles. The molecule has 1 atom stereocenters. The summed E-state index contributed by atoms with van der Waals surface area (Å²) in [7, 11) is 0. The lowest BCUT2D eigenvalue weighted by atomic mass is 9.98. The molecule has 0 N–H and O–H groups in total. The summed E-state index contributed by atoms with van der Waals surface area (Å²) in [6.45, 7) is 6.99. The van der Waals surface area contributed by atoms with Crippen LogP contribution in [-0.2, 0) is 0 Å². The molecular formula is C12H22. The summed E-state index contributed by atoms with van der Waals surface area (Å²) in [5.41, 5.74) is 1.71. The molecule has 12 heavy (non-hydrogen) atoms. The lowest BCUT2D eigenvalue weighted by Gasteiger charge is -2.08. The van der Waals surface area contributed by atoms with Crippen molar-refractivity contribution in [1.29, 1.82) is 0 Å². The maximum atomic E-state index is 2.37. The van der Waals surface area contributed by atoms with Gasteiger partial charge in [0.05, 0.1) is 0 Å². The van der Waals surface area contributed by atoms with E-state index in [2.05, 4.69) is 26.8 Å². The molecule has 0 spiro atoms. The Kier molecular flexibility index (Phi) is 3.84. The van der Waals surface area contributed by atoms with E-state index in [4.69, 9.17) is 0 Å². The molecule has 0 radical (unpaired) electrons. The van der Waals surface area contributed by atoms with Crippen LogP contribution in [0.15, 0.2) is 11.6 Å². The molecule has 0 aromatic rings. The van der Waals surface area contributed by atoms with Crippen LogP contribution >= 0.6 is 0 Å². The molecule has 0 saturated carbocycles. The van der Waals surface area contributed by atoms with E-state index < -0.39 is 0 Å². The van der Waals surface area contributed by atoms with Crippen LogP contribution < -0.4 is 0 Å². The minimum atomic E-state index is 0.886. The maximum absolute atomic E-state index is 2.37. The first-order chi connectivity index (χ1) is 5.70. The van der Waals surface area contributed by atoms with Crippen LogP contribution in [0.1, 0.15) is 52.9 Å². The van der Waals surface area contributed by atoms with Gasteiger partial charge in [0, 0.05) is 0 Å². The Balaban J connectivity index is 1.91. The molecule has 0 fully saturated rings. The lowest BCUT2D eigenvalue weighted by molar-refractivity contribution is 0.496. The number of allylic oxidation sites excluding steroid dienone is 2. The van der Waals surface area contributed by atoms with Crippen LogP contribution in [0, 0.1) is 11.8 Å². The van der Waals surface area contributed by atoms with Gasteiger partial charge in [-0.25, -0.2) is 0 Å². The first-order valence-electron chi connectivity index (χ1n) is 5.39. The summed E-state index contributed by atoms with van der Waals surface area (Å²) in [6, 6.07) is 0. The van der Waals surface area contributed by atoms with E-state index in [-0.39, 0.29) is 0 Å². The van der Waals surface area contributed by atoms with Crippen molar-refractivity contribution in [1.82, 2.24) is 0 Å². The predicted molar refractivity (Wildman–Crippen MR) is 55.2 cm³/mol. The Morgan fingerprint density at radius 1 is 1.17 bits per heavy atom. The zero-order chi connectivity index (χ0) is 8.97. The van der Waals surface area contributed by atoms with Gasteiger partial charge in [0.1, 0.15) is 0 Å². The first kappa shape index (κ1) is 9.83. The normalized spacial score (nSPS) is 17.8. The molecule has 0 heterocycles. The second-order valence-electron chi connectivity index (χ2n) is 4.56. The Hall–Kier alpha value is -0.260. The van der Waals surface area contributed by atoms with E-state index in [1.54, 1.807) is 5.57 Å². The summed E-state index contributed by atoms with van der Waals surface area (Å²) in [6.07, 6.45) is 9.36. The summed E-state index contributed by atoms with van der Waals surface area (Å²) in [5.74, 6) is 1.78. The number of unbranched alkanes of at least 4 members (excludes halogenated alkanes) is 1. The number of hydrogen-bond acceptors (Lipinski definition) is 0. The van der Waals surface area contributed by atoms with Crippen molar-refractivity contribution in [3.05, 3.63) is 11.6 Å². The van der Waals surface area contributed by atoms with Crippen LogP contribution in [0.5, 0.6) is 0 Å². The Morgan fingerprint density at radius 2 is 1.75 bits per heavy atom. The molecular weight excluding hydrogens is 144 g/mol. The molecule has 1 aliphatic rings. The van der Waals surface area contributed by atoms with Crippen molar-refractivity contribution in [2.24, 2.45) is 11.8 Å². The fourth-order valence-corrected chi connectivity index (χ4v) is 1.65. The lowest BCUT2D eigenvalue weighted by Crippen LogP contribution is -1.93. The van der Waals surface area contributed by atoms with E-state index in [1.165, 1.54) is 32.1 Å². The third-order valence-corrected chi connectivity index (χ3v) is 2.74. The SMILES string of the molecule is CC(C)CCCCC(C)C1=CC1. The maximum Gasteiger partial charge on any atom is -0.0133 e. The Labute approximate surface area is 77.1 Å². The highest BCUT2D eigenvalue weighted by Gasteiger charge is 2.14. The van der Waals surface area contributed by atoms with Crippen molar-refractivity contribution in [3.8, 4) is 0 Å². The topological polar surface area (TPSA) is 0 Å². The fourth-order valence-electron chi connectivity index (χ4n) is 1.65. The van der Waals surface area contributed by atoms with Crippen LogP contribution in [0.4, 0.5) is 0 Å². The van der Waals surface area contributed by atoms with Crippen LogP contribution in [0.2, 0.25) is 0 Å². The first-order valence-corrected chi connectivity index (χ1v) is 5.39. The summed E-state index contributed by atoms with van der Waals surface area (Å²) in [4.78, 5) is 0. The third kappa shape index (κ3) is 3.94. The zero-order valence-electron chi connectivity index (χ0n) is 8.77. The molecule has 1 aliphatic carbocycles. The monoisotopic (exact) mass is 166 g/mol. The molecule has 1 rings (SSSR count). The third-order valence-electron chi connectivity index (χ3n) is 2.74. The minimum Gasteiger partial charge on any atom is -0.0807 e. The summed E-state index contributed by atoms with van der Waals surface area (Å²) < 4.78 is 0. The van der Waals surface area contributed by atoms with Gasteiger partial charge in [0.25, 0.3) is 0 Å². The molecule has 0 aromatic heterocycles. The van der Waals surface area contributed by atoms with Gasteiger partial charge in [-0.3, -0.25) is 0 Å². The average molecular weight is 166 g/mol. The Bertz CT molecular complexity index is 153. The highest BCUT2D eigenvalue weighted by Crippen LogP contribution is 2.30. The standard InChI is InChI=1S/C12H22/c1-10(2)6-4-5-7-11(3)12-8-9-12/h8,10-11H,4-7,9H2,1-3H3. The van der Waals surface area contributed by atoms with Gasteiger partial charge in [-0.15, -0.1) is 0 Å². The van der Waals surface area contributed by atoms with Crippen molar-refractivity contribution in [2.75, 3.05) is 0 Å². The molecule has 1 unspecified atom stereocenters. The van der Waals surface area contributed by atoms with Crippen LogP contribution in [-0.4, -0.2) is 0 Å². The molecule has 0 aromatic carbocycles. The highest BCUT2D eigenvalue weighted by molar-refractivity contribution is 5.23. The van der Waals surface area contributed by atoms with Gasteiger partial charge >= 0.3 is 0 Å². The largest absolute Gasteiger partial charge is 0.0807 e. The van der Waals surface area contributed by atoms with Gasteiger partial charge in [0.15, 0.2) is 0 Å². The van der Waals surface area contributed by atoms with Gasteiger partial charge < -0.3 is 0 Å². The van der Waals surface area contributed by atoms with Gasteiger partial charge in [-0.05, 0) is 24.7 Å². The molecule has 0 aliphatic heterocycles. The van der Waals surface area contributed by atoms with E-state index in [1.807, 2.05) is 0 Å². The number of rotatable bonds is 6. The van der Waals surface area contributed by atoms with Crippen molar-refractivity contribution in [2.45, 2.75) is 52.9 Å². The second kappa shape index (κ2) is 4.69. The van der Waals surface area contributed by atoms with Crippen molar-refractivity contribution < 1.29 is 0 Å². The fraction of sp³-hybridized carbons (Fsp3) is 0.833. The molecule has 70 valence electrons. The van der Waals surface area contributed by atoms with Crippen LogP contribution in [0.3, 0.4) is 0 Å². The quantitative estimate of drug-likeness (QED) is 0.410. The molecule has 0 heteroatoms. The van der Waals surface area contributed by atoms with Gasteiger partial charge in [-0.2, -0.15) is 0 Å². The Morgan fingerprint density at radius 3 is 2.25 bits per heavy atom. The smallest absolute Gasteiger partial charge is 0.0133 e. The van der Waals surface area contributed by atoms with E-state index in [9.17, 15) is 0 Å². The summed E-state index contributed by atoms with van der Waals surface area (Å²) >= 11 is 0. The average Bonchev–Trinajstić information content (AvgIpc) is 2.79. The molecule has 0 bridgehead atoms.